The van der Waals surface area contributed by atoms with Crippen LogP contribution in [0.3, 0.4) is 0 Å². The first-order valence-corrected chi connectivity index (χ1v) is 5.68. The second kappa shape index (κ2) is 4.09. The number of benzene rings is 1. The molecule has 0 spiro atoms. The Bertz CT molecular complexity index is 524. The summed E-state index contributed by atoms with van der Waals surface area (Å²) in [5, 5.41) is 0. The molecular formula is C14H12O3. The van der Waals surface area contributed by atoms with E-state index in [4.69, 9.17) is 9.15 Å². The molecule has 17 heavy (non-hydrogen) atoms. The van der Waals surface area contributed by atoms with Crippen LogP contribution in [0.25, 0.3) is 0 Å². The molecule has 0 unspecified atom stereocenters. The summed E-state index contributed by atoms with van der Waals surface area (Å²) in [6, 6.07) is 10.6. The monoisotopic (exact) mass is 228 g/mol. The first-order chi connectivity index (χ1) is 8.33. The van der Waals surface area contributed by atoms with E-state index in [2.05, 4.69) is 0 Å². The van der Waals surface area contributed by atoms with Crippen molar-refractivity contribution in [2.45, 2.75) is 18.9 Å². The van der Waals surface area contributed by atoms with Crippen LogP contribution < -0.4 is 4.74 Å². The predicted molar refractivity (Wildman–Crippen MR) is 62.2 cm³/mol. The zero-order chi connectivity index (χ0) is 11.7. The molecule has 0 N–H and O–H groups in total. The summed E-state index contributed by atoms with van der Waals surface area (Å²) < 4.78 is 10.7. The van der Waals surface area contributed by atoms with E-state index in [-0.39, 0.29) is 5.78 Å². The van der Waals surface area contributed by atoms with Crippen LogP contribution in [-0.4, -0.2) is 11.9 Å². The molecule has 86 valence electrons. The highest BCUT2D eigenvalue weighted by Crippen LogP contribution is 2.27. The van der Waals surface area contributed by atoms with Crippen LogP contribution in [0.4, 0.5) is 0 Å². The van der Waals surface area contributed by atoms with Crippen molar-refractivity contribution in [2.24, 2.45) is 0 Å². The molecule has 0 aliphatic heterocycles. The maximum Gasteiger partial charge on any atom is 0.228 e. The summed E-state index contributed by atoms with van der Waals surface area (Å²) in [5.41, 5.74) is 0.595. The molecule has 0 amide bonds. The van der Waals surface area contributed by atoms with Crippen molar-refractivity contribution >= 4 is 5.78 Å². The fourth-order valence-electron chi connectivity index (χ4n) is 1.64. The van der Waals surface area contributed by atoms with Gasteiger partial charge in [-0.05, 0) is 37.1 Å². The number of hydrogen-bond donors (Lipinski definition) is 0. The van der Waals surface area contributed by atoms with Crippen molar-refractivity contribution < 1.29 is 13.9 Å². The molecule has 1 fully saturated rings. The van der Waals surface area contributed by atoms with E-state index in [0.29, 0.717) is 17.4 Å². The second-order valence-electron chi connectivity index (χ2n) is 4.15. The maximum atomic E-state index is 12.0. The number of carbonyl (C=O) groups is 1. The van der Waals surface area contributed by atoms with E-state index in [9.17, 15) is 4.79 Å². The van der Waals surface area contributed by atoms with Gasteiger partial charge in [-0.2, -0.15) is 0 Å². The minimum Gasteiger partial charge on any atom is -0.490 e. The summed E-state index contributed by atoms with van der Waals surface area (Å²) in [7, 11) is 0. The topological polar surface area (TPSA) is 39.4 Å². The zero-order valence-electron chi connectivity index (χ0n) is 9.26. The van der Waals surface area contributed by atoms with E-state index in [1.54, 1.807) is 24.3 Å². The van der Waals surface area contributed by atoms with Gasteiger partial charge in [0.1, 0.15) is 5.75 Å². The van der Waals surface area contributed by atoms with Crippen molar-refractivity contribution in [1.82, 2.24) is 0 Å². The highest BCUT2D eigenvalue weighted by atomic mass is 16.5. The Hall–Kier alpha value is -2.03. The lowest BCUT2D eigenvalue weighted by molar-refractivity contribution is 0.101. The Labute approximate surface area is 99.0 Å². The van der Waals surface area contributed by atoms with Crippen LogP contribution in [0.15, 0.2) is 47.1 Å². The Balaban J connectivity index is 1.84. The summed E-state index contributed by atoms with van der Waals surface area (Å²) in [6.45, 7) is 0. The van der Waals surface area contributed by atoms with Crippen LogP contribution in [0.5, 0.6) is 5.75 Å². The van der Waals surface area contributed by atoms with Crippen LogP contribution in [0.1, 0.15) is 29.0 Å². The summed E-state index contributed by atoms with van der Waals surface area (Å²) in [4.78, 5) is 12.0. The van der Waals surface area contributed by atoms with E-state index < -0.39 is 0 Å². The number of ketones is 1. The lowest BCUT2D eigenvalue weighted by Gasteiger charge is -2.05. The molecule has 0 saturated heterocycles. The van der Waals surface area contributed by atoms with Gasteiger partial charge in [0.25, 0.3) is 0 Å². The van der Waals surface area contributed by atoms with Gasteiger partial charge in [-0.3, -0.25) is 4.79 Å². The Morgan fingerprint density at radius 3 is 2.82 bits per heavy atom. The normalized spacial score (nSPS) is 14.6. The average molecular weight is 228 g/mol. The molecule has 1 saturated carbocycles. The Kier molecular flexibility index (Phi) is 2.44. The van der Waals surface area contributed by atoms with Crippen LogP contribution in [-0.2, 0) is 0 Å². The largest absolute Gasteiger partial charge is 0.490 e. The Morgan fingerprint density at radius 2 is 2.12 bits per heavy atom. The van der Waals surface area contributed by atoms with Crippen molar-refractivity contribution in [3.63, 3.8) is 0 Å². The minimum absolute atomic E-state index is 0.115. The lowest BCUT2D eigenvalue weighted by Crippen LogP contribution is -2.01. The van der Waals surface area contributed by atoms with E-state index >= 15 is 0 Å². The molecule has 1 aromatic heterocycles. The van der Waals surface area contributed by atoms with Crippen molar-refractivity contribution in [3.05, 3.63) is 54.0 Å². The standard InChI is InChI=1S/C14H12O3/c15-14(13-5-2-8-16-13)10-3-1-4-12(9-10)17-11-6-7-11/h1-5,8-9,11H,6-7H2. The number of rotatable bonds is 4. The van der Waals surface area contributed by atoms with Gasteiger partial charge in [0, 0.05) is 5.56 Å². The molecule has 3 heteroatoms. The van der Waals surface area contributed by atoms with Gasteiger partial charge in [0.15, 0.2) is 5.76 Å². The molecule has 1 aliphatic carbocycles. The quantitative estimate of drug-likeness (QED) is 0.755. The second-order valence-corrected chi connectivity index (χ2v) is 4.15. The van der Waals surface area contributed by atoms with E-state index in [1.807, 2.05) is 12.1 Å². The highest BCUT2D eigenvalue weighted by Gasteiger charge is 2.23. The van der Waals surface area contributed by atoms with E-state index in [0.717, 1.165) is 18.6 Å². The third-order valence-corrected chi connectivity index (χ3v) is 2.67. The SMILES string of the molecule is O=C(c1cccc(OC2CC2)c1)c1ccco1. The number of furan rings is 1. The summed E-state index contributed by atoms with van der Waals surface area (Å²) in [6.07, 6.45) is 4.05. The molecule has 1 aromatic carbocycles. The first kappa shape index (κ1) is 10.1. The maximum absolute atomic E-state index is 12.0. The van der Waals surface area contributed by atoms with Gasteiger partial charge in [0.05, 0.1) is 12.4 Å². The molecule has 1 heterocycles. The van der Waals surface area contributed by atoms with Gasteiger partial charge in [-0.25, -0.2) is 0 Å². The van der Waals surface area contributed by atoms with Gasteiger partial charge in [-0.15, -0.1) is 0 Å². The Morgan fingerprint density at radius 1 is 1.24 bits per heavy atom. The van der Waals surface area contributed by atoms with Crippen LogP contribution >= 0.6 is 0 Å². The molecule has 3 rings (SSSR count). The molecule has 0 atom stereocenters. The van der Waals surface area contributed by atoms with Gasteiger partial charge in [-0.1, -0.05) is 12.1 Å². The fraction of sp³-hybridized carbons (Fsp3) is 0.214. The predicted octanol–water partition coefficient (Wildman–Crippen LogP) is 3.05. The number of hydrogen-bond acceptors (Lipinski definition) is 3. The van der Waals surface area contributed by atoms with Crippen molar-refractivity contribution in [2.75, 3.05) is 0 Å². The fourth-order valence-corrected chi connectivity index (χ4v) is 1.64. The highest BCUT2D eigenvalue weighted by molar-refractivity contribution is 6.07. The first-order valence-electron chi connectivity index (χ1n) is 5.68. The number of carbonyl (C=O) groups excluding carboxylic acids is 1. The van der Waals surface area contributed by atoms with Gasteiger partial charge >= 0.3 is 0 Å². The van der Waals surface area contributed by atoms with Gasteiger partial charge < -0.3 is 9.15 Å². The smallest absolute Gasteiger partial charge is 0.228 e. The molecule has 0 radical (unpaired) electrons. The van der Waals surface area contributed by atoms with Crippen LogP contribution in [0, 0.1) is 0 Å². The molecule has 2 aromatic rings. The molecule has 0 bridgehead atoms. The minimum atomic E-state index is -0.115. The molecular weight excluding hydrogens is 216 g/mol. The van der Waals surface area contributed by atoms with Crippen molar-refractivity contribution in [1.29, 1.82) is 0 Å². The van der Waals surface area contributed by atoms with Crippen molar-refractivity contribution in [3.8, 4) is 5.75 Å². The number of ether oxygens (including phenoxy) is 1. The van der Waals surface area contributed by atoms with Crippen LogP contribution in [0.2, 0.25) is 0 Å². The van der Waals surface area contributed by atoms with Gasteiger partial charge in [0.2, 0.25) is 5.78 Å². The van der Waals surface area contributed by atoms with E-state index in [1.165, 1.54) is 6.26 Å². The lowest BCUT2D eigenvalue weighted by atomic mass is 10.1. The molecule has 3 nitrogen and oxygen atoms in total. The third-order valence-electron chi connectivity index (χ3n) is 2.67. The molecule has 1 aliphatic rings. The third kappa shape index (κ3) is 2.23. The zero-order valence-corrected chi connectivity index (χ0v) is 9.26. The summed E-state index contributed by atoms with van der Waals surface area (Å²) >= 11 is 0. The average Bonchev–Trinajstić information content (AvgIpc) is 2.99. The summed E-state index contributed by atoms with van der Waals surface area (Å²) in [5.74, 6) is 0.995.